The van der Waals surface area contributed by atoms with E-state index in [0.29, 0.717) is 6.42 Å². The summed E-state index contributed by atoms with van der Waals surface area (Å²) in [4.78, 5) is 10.9. The smallest absolute Gasteiger partial charge is 0.233 e. The van der Waals surface area contributed by atoms with E-state index in [1.54, 1.807) is 0 Å². The summed E-state index contributed by atoms with van der Waals surface area (Å²) in [6.45, 7) is 2.28. The summed E-state index contributed by atoms with van der Waals surface area (Å²) in [6.07, 6.45) is 22.3. The number of carbonyl (C=O) groups is 1. The van der Waals surface area contributed by atoms with Crippen molar-refractivity contribution in [3.8, 4) is 0 Å². The predicted molar refractivity (Wildman–Crippen MR) is 96.5 cm³/mol. The van der Waals surface area contributed by atoms with E-state index in [4.69, 9.17) is 5.84 Å². The number of hydrogen-bond donors (Lipinski definition) is 2. The molecule has 0 aliphatic rings. The lowest BCUT2D eigenvalue weighted by atomic mass is 10.0. The molecule has 0 aliphatic heterocycles. The lowest BCUT2D eigenvalue weighted by molar-refractivity contribution is -0.121. The van der Waals surface area contributed by atoms with Crippen LogP contribution < -0.4 is 11.3 Å². The molecule has 0 saturated heterocycles. The van der Waals surface area contributed by atoms with E-state index in [1.807, 2.05) is 0 Å². The van der Waals surface area contributed by atoms with Gasteiger partial charge in [-0.05, 0) is 6.42 Å². The number of rotatable bonds is 17. The summed E-state index contributed by atoms with van der Waals surface area (Å²) in [5.41, 5.74) is 2.18. The van der Waals surface area contributed by atoms with Crippen LogP contribution >= 0.6 is 0 Å². The maximum absolute atomic E-state index is 10.9. The molecule has 0 rings (SSSR count). The van der Waals surface area contributed by atoms with Gasteiger partial charge in [0.2, 0.25) is 5.91 Å². The summed E-state index contributed by atoms with van der Waals surface area (Å²) in [7, 11) is 0. The highest BCUT2D eigenvalue weighted by atomic mass is 16.2. The molecule has 0 unspecified atom stereocenters. The van der Waals surface area contributed by atoms with Gasteiger partial charge in [0.25, 0.3) is 0 Å². The first-order valence-electron chi connectivity index (χ1n) is 9.80. The van der Waals surface area contributed by atoms with Crippen LogP contribution in [-0.4, -0.2) is 5.91 Å². The van der Waals surface area contributed by atoms with Crippen molar-refractivity contribution >= 4 is 5.91 Å². The number of nitrogens with two attached hydrogens (primary N) is 1. The summed E-state index contributed by atoms with van der Waals surface area (Å²) in [5, 5.41) is 0. The fraction of sp³-hybridized carbons (Fsp3) is 0.947. The number of hydrogen-bond acceptors (Lipinski definition) is 2. The molecule has 132 valence electrons. The summed E-state index contributed by atoms with van der Waals surface area (Å²) in [5.74, 6) is 5.00. The Morgan fingerprint density at radius 2 is 0.955 bits per heavy atom. The Kier molecular flexibility index (Phi) is 18.0. The van der Waals surface area contributed by atoms with Crippen molar-refractivity contribution in [2.75, 3.05) is 0 Å². The van der Waals surface area contributed by atoms with E-state index >= 15 is 0 Å². The third kappa shape index (κ3) is 17.5. The summed E-state index contributed by atoms with van der Waals surface area (Å²) < 4.78 is 0. The minimum atomic E-state index is -0.0367. The average molecular weight is 313 g/mol. The third-order valence-corrected chi connectivity index (χ3v) is 4.42. The van der Waals surface area contributed by atoms with E-state index in [1.165, 1.54) is 89.9 Å². The highest BCUT2D eigenvalue weighted by Gasteiger charge is 1.98. The summed E-state index contributed by atoms with van der Waals surface area (Å²) >= 11 is 0. The minimum Gasteiger partial charge on any atom is -0.294 e. The summed E-state index contributed by atoms with van der Waals surface area (Å²) in [6, 6.07) is 0. The number of nitrogens with one attached hydrogen (secondary N) is 1. The number of hydrazine groups is 1. The molecular weight excluding hydrogens is 272 g/mol. The Morgan fingerprint density at radius 3 is 1.27 bits per heavy atom. The van der Waals surface area contributed by atoms with Gasteiger partial charge in [-0.2, -0.15) is 0 Å². The second-order valence-corrected chi connectivity index (χ2v) is 6.62. The SMILES string of the molecule is CCCCCCCCCCCCCCCCCCC(=O)NN. The van der Waals surface area contributed by atoms with Gasteiger partial charge in [0.1, 0.15) is 0 Å². The molecule has 0 aromatic rings. The van der Waals surface area contributed by atoms with Gasteiger partial charge in [-0.1, -0.05) is 103 Å². The zero-order chi connectivity index (χ0) is 16.3. The van der Waals surface area contributed by atoms with Gasteiger partial charge in [0.15, 0.2) is 0 Å². The second kappa shape index (κ2) is 18.5. The van der Waals surface area contributed by atoms with Gasteiger partial charge in [-0.15, -0.1) is 0 Å². The third-order valence-electron chi connectivity index (χ3n) is 4.42. The molecule has 22 heavy (non-hydrogen) atoms. The van der Waals surface area contributed by atoms with Crippen LogP contribution in [0, 0.1) is 0 Å². The van der Waals surface area contributed by atoms with Crippen LogP contribution in [0.25, 0.3) is 0 Å². The lowest BCUT2D eigenvalue weighted by Crippen LogP contribution is -2.29. The zero-order valence-electron chi connectivity index (χ0n) is 15.0. The van der Waals surface area contributed by atoms with Crippen molar-refractivity contribution in [2.45, 2.75) is 116 Å². The Hall–Kier alpha value is -0.570. The lowest BCUT2D eigenvalue weighted by Gasteiger charge is -2.03. The maximum Gasteiger partial charge on any atom is 0.233 e. The fourth-order valence-corrected chi connectivity index (χ4v) is 2.91. The molecule has 0 radical (unpaired) electrons. The molecule has 0 aliphatic carbocycles. The number of carbonyl (C=O) groups excluding carboxylic acids is 1. The molecule has 0 saturated carbocycles. The molecule has 3 heteroatoms. The van der Waals surface area contributed by atoms with Crippen LogP contribution in [0.4, 0.5) is 0 Å². The van der Waals surface area contributed by atoms with Crippen LogP contribution in [-0.2, 0) is 4.79 Å². The normalized spacial score (nSPS) is 10.8. The van der Waals surface area contributed by atoms with Gasteiger partial charge >= 0.3 is 0 Å². The van der Waals surface area contributed by atoms with Crippen molar-refractivity contribution in [1.29, 1.82) is 0 Å². The standard InChI is InChI=1S/C19H40N2O/c1-2-3-4-5-6-7-8-9-10-11-12-13-14-15-16-17-18-19(22)21-20/h2-18,20H2,1H3,(H,21,22). The van der Waals surface area contributed by atoms with Crippen molar-refractivity contribution in [3.05, 3.63) is 0 Å². The molecular formula is C19H40N2O. The molecule has 1 amide bonds. The molecule has 3 N–H and O–H groups in total. The van der Waals surface area contributed by atoms with E-state index < -0.39 is 0 Å². The minimum absolute atomic E-state index is 0.0367. The van der Waals surface area contributed by atoms with Gasteiger partial charge in [-0.25, -0.2) is 5.84 Å². The van der Waals surface area contributed by atoms with Crippen LogP contribution in [0.3, 0.4) is 0 Å². The number of amides is 1. The zero-order valence-corrected chi connectivity index (χ0v) is 15.0. The van der Waals surface area contributed by atoms with E-state index in [0.717, 1.165) is 12.8 Å². The van der Waals surface area contributed by atoms with Crippen molar-refractivity contribution in [2.24, 2.45) is 5.84 Å². The quantitative estimate of drug-likeness (QED) is 0.158. The van der Waals surface area contributed by atoms with Gasteiger partial charge in [-0.3, -0.25) is 10.2 Å². The molecule has 0 bridgehead atoms. The molecule has 0 atom stereocenters. The molecule has 0 fully saturated rings. The highest BCUT2D eigenvalue weighted by molar-refractivity contribution is 5.74. The van der Waals surface area contributed by atoms with Crippen LogP contribution in [0.1, 0.15) is 116 Å². The second-order valence-electron chi connectivity index (χ2n) is 6.62. The Morgan fingerprint density at radius 1 is 0.636 bits per heavy atom. The first kappa shape index (κ1) is 21.4. The van der Waals surface area contributed by atoms with Gasteiger partial charge < -0.3 is 0 Å². The maximum atomic E-state index is 10.9. The number of unbranched alkanes of at least 4 members (excludes halogenated alkanes) is 15. The molecule has 0 spiro atoms. The topological polar surface area (TPSA) is 55.1 Å². The Bertz CT molecular complexity index is 231. The van der Waals surface area contributed by atoms with Crippen LogP contribution in [0.15, 0.2) is 0 Å². The Labute approximate surface area is 138 Å². The first-order valence-corrected chi connectivity index (χ1v) is 9.80. The van der Waals surface area contributed by atoms with Crippen LogP contribution in [0.5, 0.6) is 0 Å². The molecule has 3 nitrogen and oxygen atoms in total. The van der Waals surface area contributed by atoms with E-state index in [-0.39, 0.29) is 5.91 Å². The predicted octanol–water partition coefficient (Wildman–Crippen LogP) is 5.63. The fourth-order valence-electron chi connectivity index (χ4n) is 2.91. The van der Waals surface area contributed by atoms with Crippen molar-refractivity contribution in [3.63, 3.8) is 0 Å². The first-order chi connectivity index (χ1) is 10.8. The highest BCUT2D eigenvalue weighted by Crippen LogP contribution is 2.13. The molecule has 0 aromatic carbocycles. The van der Waals surface area contributed by atoms with Crippen molar-refractivity contribution < 1.29 is 4.79 Å². The van der Waals surface area contributed by atoms with Gasteiger partial charge in [0.05, 0.1) is 0 Å². The van der Waals surface area contributed by atoms with Crippen molar-refractivity contribution in [1.82, 2.24) is 5.43 Å². The average Bonchev–Trinajstić information content (AvgIpc) is 2.54. The van der Waals surface area contributed by atoms with Crippen LogP contribution in [0.2, 0.25) is 0 Å². The molecule has 0 heterocycles. The monoisotopic (exact) mass is 312 g/mol. The largest absolute Gasteiger partial charge is 0.294 e. The Balaban J connectivity index is 2.98. The molecule has 0 aromatic heterocycles. The van der Waals surface area contributed by atoms with Gasteiger partial charge in [0, 0.05) is 6.42 Å². The van der Waals surface area contributed by atoms with E-state index in [2.05, 4.69) is 12.3 Å². The van der Waals surface area contributed by atoms with E-state index in [9.17, 15) is 4.79 Å².